The number of aliphatic hydroxyl groups is 1. The van der Waals surface area contributed by atoms with E-state index < -0.39 is 6.10 Å². The van der Waals surface area contributed by atoms with Gasteiger partial charge in [-0.05, 0) is 36.5 Å². The molecule has 0 aromatic heterocycles. The third-order valence-electron chi connectivity index (χ3n) is 3.37. The molecule has 3 heteroatoms. The van der Waals surface area contributed by atoms with Crippen LogP contribution in [-0.4, -0.2) is 12.2 Å². The Bertz CT molecular complexity index is 359. The van der Waals surface area contributed by atoms with Gasteiger partial charge in [0.1, 0.15) is 5.75 Å². The first kappa shape index (κ1) is 11.7. The molecule has 1 aliphatic carbocycles. The maximum Gasteiger partial charge on any atom is 0.120 e. The van der Waals surface area contributed by atoms with Gasteiger partial charge in [-0.3, -0.25) is 0 Å². The summed E-state index contributed by atoms with van der Waals surface area (Å²) in [4.78, 5) is 0. The summed E-state index contributed by atoms with van der Waals surface area (Å²) in [7, 11) is 1.61. The van der Waals surface area contributed by atoms with Gasteiger partial charge in [-0.15, -0.1) is 0 Å². The van der Waals surface area contributed by atoms with Crippen LogP contribution in [0.15, 0.2) is 18.2 Å². The first-order valence-corrected chi connectivity index (χ1v) is 6.11. The van der Waals surface area contributed by atoms with E-state index in [0.29, 0.717) is 10.9 Å². The van der Waals surface area contributed by atoms with Crippen LogP contribution in [0.5, 0.6) is 5.75 Å². The third-order valence-corrected chi connectivity index (χ3v) is 3.70. The predicted octanol–water partition coefficient (Wildman–Crippen LogP) is 3.57. The normalized spacial score (nSPS) is 18.7. The zero-order valence-electron chi connectivity index (χ0n) is 9.45. The van der Waals surface area contributed by atoms with E-state index in [4.69, 9.17) is 16.3 Å². The maximum absolute atomic E-state index is 10.2. The molecule has 1 saturated carbocycles. The second kappa shape index (κ2) is 5.07. The Morgan fingerprint density at radius 1 is 1.38 bits per heavy atom. The van der Waals surface area contributed by atoms with E-state index in [-0.39, 0.29) is 0 Å². The van der Waals surface area contributed by atoms with Gasteiger partial charge in [0.05, 0.1) is 18.2 Å². The third kappa shape index (κ3) is 2.33. The molecule has 2 nitrogen and oxygen atoms in total. The molecule has 0 bridgehead atoms. The number of rotatable bonds is 3. The van der Waals surface area contributed by atoms with E-state index in [2.05, 4.69) is 0 Å². The molecule has 0 saturated heterocycles. The fourth-order valence-corrected chi connectivity index (χ4v) is 2.68. The molecule has 1 atom stereocenters. The molecule has 0 aliphatic heterocycles. The first-order chi connectivity index (χ1) is 7.72. The topological polar surface area (TPSA) is 29.5 Å². The molecule has 1 N–H and O–H groups in total. The summed E-state index contributed by atoms with van der Waals surface area (Å²) in [5.74, 6) is 1.10. The molecular formula is C13H17ClO2. The summed E-state index contributed by atoms with van der Waals surface area (Å²) in [5, 5.41) is 10.8. The number of halogens is 1. The van der Waals surface area contributed by atoms with E-state index in [1.54, 1.807) is 13.2 Å². The molecule has 16 heavy (non-hydrogen) atoms. The van der Waals surface area contributed by atoms with Crippen LogP contribution in [0.4, 0.5) is 0 Å². The summed E-state index contributed by atoms with van der Waals surface area (Å²) >= 11 is 6.14. The lowest BCUT2D eigenvalue weighted by Crippen LogP contribution is -2.09. The SMILES string of the molecule is COc1ccc(C(O)C2CCCC2)c(Cl)c1. The van der Waals surface area contributed by atoms with Crippen LogP contribution in [0.2, 0.25) is 5.02 Å². The Balaban J connectivity index is 2.19. The van der Waals surface area contributed by atoms with Crippen molar-refractivity contribution in [3.05, 3.63) is 28.8 Å². The van der Waals surface area contributed by atoms with Gasteiger partial charge < -0.3 is 9.84 Å². The van der Waals surface area contributed by atoms with Crippen molar-refractivity contribution in [1.29, 1.82) is 0 Å². The van der Waals surface area contributed by atoms with Crippen LogP contribution in [0, 0.1) is 5.92 Å². The van der Waals surface area contributed by atoms with Crippen molar-refractivity contribution in [3.8, 4) is 5.75 Å². The molecule has 1 aromatic rings. The summed E-state index contributed by atoms with van der Waals surface area (Å²) < 4.78 is 5.09. The Morgan fingerprint density at radius 3 is 2.62 bits per heavy atom. The quantitative estimate of drug-likeness (QED) is 0.875. The van der Waals surface area contributed by atoms with Gasteiger partial charge in [-0.1, -0.05) is 30.5 Å². The Hall–Kier alpha value is -0.730. The summed E-state index contributed by atoms with van der Waals surface area (Å²) in [6, 6.07) is 5.47. The van der Waals surface area contributed by atoms with Crippen molar-refractivity contribution < 1.29 is 9.84 Å². The Kier molecular flexibility index (Phi) is 3.72. The van der Waals surface area contributed by atoms with Crippen LogP contribution in [0.1, 0.15) is 37.4 Å². The molecular weight excluding hydrogens is 224 g/mol. The fourth-order valence-electron chi connectivity index (χ4n) is 2.40. The van der Waals surface area contributed by atoms with E-state index in [9.17, 15) is 5.11 Å². The van der Waals surface area contributed by atoms with Crippen molar-refractivity contribution in [2.75, 3.05) is 7.11 Å². The van der Waals surface area contributed by atoms with E-state index >= 15 is 0 Å². The zero-order valence-corrected chi connectivity index (χ0v) is 10.2. The standard InChI is InChI=1S/C13H17ClO2/c1-16-10-6-7-11(12(14)8-10)13(15)9-4-2-3-5-9/h6-9,13,15H,2-5H2,1H3. The average Bonchev–Trinajstić information content (AvgIpc) is 2.81. The Labute approximate surface area is 101 Å². The van der Waals surface area contributed by atoms with Crippen molar-refractivity contribution in [2.24, 2.45) is 5.92 Å². The first-order valence-electron chi connectivity index (χ1n) is 5.74. The van der Waals surface area contributed by atoms with Crippen LogP contribution in [-0.2, 0) is 0 Å². The molecule has 1 unspecified atom stereocenters. The summed E-state index contributed by atoms with van der Waals surface area (Å²) in [6.45, 7) is 0. The minimum Gasteiger partial charge on any atom is -0.497 e. The molecule has 2 rings (SSSR count). The highest BCUT2D eigenvalue weighted by Gasteiger charge is 2.25. The second-order valence-electron chi connectivity index (χ2n) is 4.38. The van der Waals surface area contributed by atoms with Crippen molar-refractivity contribution in [2.45, 2.75) is 31.8 Å². The molecule has 0 spiro atoms. The highest BCUT2D eigenvalue weighted by Crippen LogP contribution is 2.38. The van der Waals surface area contributed by atoms with E-state index in [1.807, 2.05) is 12.1 Å². The second-order valence-corrected chi connectivity index (χ2v) is 4.78. The number of ether oxygens (including phenoxy) is 1. The molecule has 1 fully saturated rings. The minimum atomic E-state index is -0.430. The van der Waals surface area contributed by atoms with Gasteiger partial charge in [0.25, 0.3) is 0 Å². The average molecular weight is 241 g/mol. The van der Waals surface area contributed by atoms with Crippen molar-refractivity contribution in [3.63, 3.8) is 0 Å². The molecule has 0 heterocycles. The fraction of sp³-hybridized carbons (Fsp3) is 0.538. The van der Waals surface area contributed by atoms with Crippen molar-refractivity contribution in [1.82, 2.24) is 0 Å². The number of methoxy groups -OCH3 is 1. The smallest absolute Gasteiger partial charge is 0.120 e. The highest BCUT2D eigenvalue weighted by atomic mass is 35.5. The van der Waals surface area contributed by atoms with E-state index in [0.717, 1.165) is 24.2 Å². The monoisotopic (exact) mass is 240 g/mol. The minimum absolute atomic E-state index is 0.367. The van der Waals surface area contributed by atoms with Crippen LogP contribution in [0.25, 0.3) is 0 Å². The lowest BCUT2D eigenvalue weighted by molar-refractivity contribution is 0.111. The molecule has 0 radical (unpaired) electrons. The van der Waals surface area contributed by atoms with E-state index in [1.165, 1.54) is 12.8 Å². The van der Waals surface area contributed by atoms with Crippen molar-refractivity contribution >= 4 is 11.6 Å². The van der Waals surface area contributed by atoms with Crippen LogP contribution in [0.3, 0.4) is 0 Å². The van der Waals surface area contributed by atoms with Gasteiger partial charge in [0.15, 0.2) is 0 Å². The molecule has 1 aromatic carbocycles. The molecule has 88 valence electrons. The molecule has 1 aliphatic rings. The lowest BCUT2D eigenvalue weighted by atomic mass is 9.94. The van der Waals surface area contributed by atoms with Crippen LogP contribution >= 0.6 is 11.6 Å². The van der Waals surface area contributed by atoms with Gasteiger partial charge in [-0.25, -0.2) is 0 Å². The van der Waals surface area contributed by atoms with Gasteiger partial charge >= 0.3 is 0 Å². The highest BCUT2D eigenvalue weighted by molar-refractivity contribution is 6.31. The zero-order chi connectivity index (χ0) is 11.5. The number of aliphatic hydroxyl groups excluding tert-OH is 1. The number of hydrogen-bond acceptors (Lipinski definition) is 2. The van der Waals surface area contributed by atoms with Gasteiger partial charge in [0.2, 0.25) is 0 Å². The largest absolute Gasteiger partial charge is 0.497 e. The van der Waals surface area contributed by atoms with Gasteiger partial charge in [-0.2, -0.15) is 0 Å². The number of hydrogen-bond donors (Lipinski definition) is 1. The van der Waals surface area contributed by atoms with Gasteiger partial charge in [0, 0.05) is 0 Å². The maximum atomic E-state index is 10.2. The molecule has 0 amide bonds. The lowest BCUT2D eigenvalue weighted by Gasteiger charge is -2.19. The number of benzene rings is 1. The Morgan fingerprint density at radius 2 is 2.06 bits per heavy atom. The summed E-state index contributed by atoms with van der Waals surface area (Å²) in [5.41, 5.74) is 0.828. The predicted molar refractivity (Wildman–Crippen MR) is 64.9 cm³/mol. The summed E-state index contributed by atoms with van der Waals surface area (Å²) in [6.07, 6.45) is 4.21. The van der Waals surface area contributed by atoms with Crippen LogP contribution < -0.4 is 4.74 Å².